The van der Waals surface area contributed by atoms with Gasteiger partial charge in [-0.05, 0) is 50.1 Å². The van der Waals surface area contributed by atoms with Crippen molar-refractivity contribution < 1.29 is 13.2 Å². The van der Waals surface area contributed by atoms with Crippen LogP contribution < -0.4 is 10.0 Å². The van der Waals surface area contributed by atoms with Crippen molar-refractivity contribution in [1.82, 2.24) is 14.9 Å². The Balaban J connectivity index is 1.68. The molecule has 0 bridgehead atoms. The van der Waals surface area contributed by atoms with Crippen LogP contribution in [0.5, 0.6) is 0 Å². The number of hydrogen-bond acceptors (Lipinski definition) is 4. The molecule has 1 aromatic carbocycles. The minimum absolute atomic E-state index is 0.0968. The van der Waals surface area contributed by atoms with E-state index >= 15 is 0 Å². The minimum atomic E-state index is -3.58. The standard InChI is InChI=1S/C18H28BrN3O3S/c1-2-3-12-22-13-9-16(10-14-22)21-18(23)8-11-20-26(24,25)17-6-4-15(19)5-7-17/h4-7,16,20H,2-3,8-14H2,1H3,(H,21,23). The Bertz CT molecular complexity index is 671. The van der Waals surface area contributed by atoms with Gasteiger partial charge in [-0.25, -0.2) is 13.1 Å². The van der Waals surface area contributed by atoms with Crippen LogP contribution in [0.2, 0.25) is 0 Å². The Labute approximate surface area is 164 Å². The van der Waals surface area contributed by atoms with Gasteiger partial charge in [-0.2, -0.15) is 0 Å². The van der Waals surface area contributed by atoms with Gasteiger partial charge in [0.2, 0.25) is 15.9 Å². The van der Waals surface area contributed by atoms with Crippen molar-refractivity contribution in [2.45, 2.75) is 50.0 Å². The number of sulfonamides is 1. The Kier molecular flexibility index (Phi) is 8.53. The largest absolute Gasteiger partial charge is 0.353 e. The number of carbonyl (C=O) groups is 1. The predicted octanol–water partition coefficient (Wildman–Crippen LogP) is 2.50. The third-order valence-corrected chi connectivity index (χ3v) is 6.55. The Morgan fingerprint density at radius 3 is 2.50 bits per heavy atom. The molecule has 0 aliphatic carbocycles. The maximum absolute atomic E-state index is 12.2. The van der Waals surface area contributed by atoms with E-state index in [1.165, 1.54) is 25.0 Å². The van der Waals surface area contributed by atoms with Gasteiger partial charge in [0.05, 0.1) is 4.90 Å². The summed E-state index contributed by atoms with van der Waals surface area (Å²) in [5.41, 5.74) is 0. The molecule has 1 fully saturated rings. The maximum Gasteiger partial charge on any atom is 0.240 e. The number of unbranched alkanes of at least 4 members (excludes halogenated alkanes) is 1. The summed E-state index contributed by atoms with van der Waals surface area (Å²) in [5.74, 6) is -0.101. The molecule has 6 nitrogen and oxygen atoms in total. The highest BCUT2D eigenvalue weighted by atomic mass is 79.9. The fourth-order valence-electron chi connectivity index (χ4n) is 2.98. The van der Waals surface area contributed by atoms with Crippen molar-refractivity contribution in [3.63, 3.8) is 0 Å². The monoisotopic (exact) mass is 445 g/mol. The zero-order chi connectivity index (χ0) is 19.0. The molecule has 1 heterocycles. The van der Waals surface area contributed by atoms with Crippen LogP contribution in [0.1, 0.15) is 39.0 Å². The lowest BCUT2D eigenvalue weighted by molar-refractivity contribution is -0.121. The fraction of sp³-hybridized carbons (Fsp3) is 0.611. The van der Waals surface area contributed by atoms with Gasteiger partial charge in [0.1, 0.15) is 0 Å². The van der Waals surface area contributed by atoms with Crippen LogP contribution >= 0.6 is 15.9 Å². The molecule has 146 valence electrons. The van der Waals surface area contributed by atoms with Crippen LogP contribution in [0.15, 0.2) is 33.6 Å². The van der Waals surface area contributed by atoms with E-state index in [0.717, 1.165) is 36.9 Å². The summed E-state index contributed by atoms with van der Waals surface area (Å²) in [5, 5.41) is 3.02. The van der Waals surface area contributed by atoms with Crippen LogP contribution in [0.25, 0.3) is 0 Å². The molecule has 0 radical (unpaired) electrons. The average molecular weight is 446 g/mol. The van der Waals surface area contributed by atoms with Crippen molar-refractivity contribution in [3.05, 3.63) is 28.7 Å². The lowest BCUT2D eigenvalue weighted by Crippen LogP contribution is -2.45. The zero-order valence-electron chi connectivity index (χ0n) is 15.2. The van der Waals surface area contributed by atoms with Crippen LogP contribution in [-0.4, -0.2) is 51.4 Å². The number of likely N-dealkylation sites (tertiary alicyclic amines) is 1. The number of benzene rings is 1. The average Bonchev–Trinajstić information content (AvgIpc) is 2.61. The third-order valence-electron chi connectivity index (χ3n) is 4.55. The minimum Gasteiger partial charge on any atom is -0.353 e. The van der Waals surface area contributed by atoms with Crippen molar-refractivity contribution >= 4 is 31.9 Å². The van der Waals surface area contributed by atoms with Gasteiger partial charge < -0.3 is 10.2 Å². The Hall–Kier alpha value is -0.960. The number of hydrogen-bond donors (Lipinski definition) is 2. The first-order chi connectivity index (χ1) is 12.4. The van der Waals surface area contributed by atoms with E-state index in [-0.39, 0.29) is 29.8 Å². The molecular formula is C18H28BrN3O3S. The van der Waals surface area contributed by atoms with Gasteiger partial charge in [0, 0.05) is 36.6 Å². The van der Waals surface area contributed by atoms with Crippen LogP contribution in [-0.2, 0) is 14.8 Å². The summed E-state index contributed by atoms with van der Waals surface area (Å²) < 4.78 is 27.6. The summed E-state index contributed by atoms with van der Waals surface area (Å²) >= 11 is 3.28. The topological polar surface area (TPSA) is 78.5 Å². The second-order valence-corrected chi connectivity index (χ2v) is 9.32. The number of halogens is 1. The van der Waals surface area contributed by atoms with Gasteiger partial charge in [-0.1, -0.05) is 29.3 Å². The number of nitrogens with one attached hydrogen (secondary N) is 2. The second kappa shape index (κ2) is 10.4. The lowest BCUT2D eigenvalue weighted by Gasteiger charge is -2.32. The number of rotatable bonds is 9. The first kappa shape index (κ1) is 21.3. The summed E-state index contributed by atoms with van der Waals surface area (Å²) in [6, 6.07) is 6.60. The first-order valence-electron chi connectivity index (χ1n) is 9.17. The molecule has 0 unspecified atom stereocenters. The Morgan fingerprint density at radius 1 is 1.23 bits per heavy atom. The van der Waals surface area contributed by atoms with E-state index in [0.29, 0.717) is 0 Å². The van der Waals surface area contributed by atoms with E-state index < -0.39 is 10.0 Å². The van der Waals surface area contributed by atoms with E-state index in [1.54, 1.807) is 12.1 Å². The number of nitrogens with zero attached hydrogens (tertiary/aromatic N) is 1. The summed E-state index contributed by atoms with van der Waals surface area (Å²) in [6.45, 7) is 5.45. The van der Waals surface area contributed by atoms with Crippen LogP contribution in [0.4, 0.5) is 0 Å². The predicted molar refractivity (Wildman–Crippen MR) is 106 cm³/mol. The van der Waals surface area contributed by atoms with E-state index in [1.807, 2.05) is 0 Å². The van der Waals surface area contributed by atoms with Crippen molar-refractivity contribution in [2.24, 2.45) is 0 Å². The van der Waals surface area contributed by atoms with Gasteiger partial charge in [-0.3, -0.25) is 4.79 Å². The van der Waals surface area contributed by atoms with E-state index in [9.17, 15) is 13.2 Å². The molecule has 1 aliphatic rings. The number of piperidine rings is 1. The van der Waals surface area contributed by atoms with E-state index in [2.05, 4.69) is 37.8 Å². The van der Waals surface area contributed by atoms with Crippen LogP contribution in [0, 0.1) is 0 Å². The summed E-state index contributed by atoms with van der Waals surface area (Å²) in [7, 11) is -3.58. The van der Waals surface area contributed by atoms with Gasteiger partial charge in [0.15, 0.2) is 0 Å². The summed E-state index contributed by atoms with van der Waals surface area (Å²) in [6.07, 6.45) is 4.48. The smallest absolute Gasteiger partial charge is 0.240 e. The van der Waals surface area contributed by atoms with Gasteiger partial charge in [0.25, 0.3) is 0 Å². The maximum atomic E-state index is 12.2. The highest BCUT2D eigenvalue weighted by Crippen LogP contribution is 2.14. The molecule has 8 heteroatoms. The molecule has 1 aliphatic heterocycles. The third kappa shape index (κ3) is 6.98. The quantitative estimate of drug-likeness (QED) is 0.611. The SMILES string of the molecule is CCCCN1CCC(NC(=O)CCNS(=O)(=O)c2ccc(Br)cc2)CC1. The molecule has 0 spiro atoms. The van der Waals surface area contributed by atoms with Crippen molar-refractivity contribution in [3.8, 4) is 0 Å². The molecule has 0 atom stereocenters. The lowest BCUT2D eigenvalue weighted by atomic mass is 10.0. The molecule has 1 aromatic rings. The highest BCUT2D eigenvalue weighted by molar-refractivity contribution is 9.10. The molecule has 26 heavy (non-hydrogen) atoms. The fourth-order valence-corrected chi connectivity index (χ4v) is 4.27. The highest BCUT2D eigenvalue weighted by Gasteiger charge is 2.20. The second-order valence-electron chi connectivity index (χ2n) is 6.64. The van der Waals surface area contributed by atoms with Crippen molar-refractivity contribution in [1.29, 1.82) is 0 Å². The number of carbonyl (C=O) groups excluding carboxylic acids is 1. The first-order valence-corrected chi connectivity index (χ1v) is 11.5. The van der Waals surface area contributed by atoms with Crippen LogP contribution in [0.3, 0.4) is 0 Å². The normalized spacial score (nSPS) is 16.5. The molecule has 2 rings (SSSR count). The van der Waals surface area contributed by atoms with Gasteiger partial charge >= 0.3 is 0 Å². The van der Waals surface area contributed by atoms with E-state index in [4.69, 9.17) is 0 Å². The number of amides is 1. The van der Waals surface area contributed by atoms with Crippen molar-refractivity contribution in [2.75, 3.05) is 26.2 Å². The molecular weight excluding hydrogens is 418 g/mol. The van der Waals surface area contributed by atoms with Gasteiger partial charge in [-0.15, -0.1) is 0 Å². The zero-order valence-corrected chi connectivity index (χ0v) is 17.6. The molecule has 1 amide bonds. The molecule has 0 saturated carbocycles. The molecule has 2 N–H and O–H groups in total. The summed E-state index contributed by atoms with van der Waals surface area (Å²) in [4.78, 5) is 14.7. The molecule has 1 saturated heterocycles. The molecule has 0 aromatic heterocycles. The Morgan fingerprint density at radius 2 is 1.88 bits per heavy atom.